The Hall–Kier alpha value is -1.67. The maximum atomic E-state index is 12.3. The smallest absolute Gasteiger partial charge is 0.321 e. The Labute approximate surface area is 124 Å². The molecule has 0 radical (unpaired) electrons. The topological polar surface area (TPSA) is 106 Å². The third-order valence-corrected chi connectivity index (χ3v) is 4.12. The first kappa shape index (κ1) is 17.4. The van der Waals surface area contributed by atoms with Crippen molar-refractivity contribution in [2.45, 2.75) is 38.1 Å². The van der Waals surface area contributed by atoms with Crippen LogP contribution in [0.3, 0.4) is 0 Å². The van der Waals surface area contributed by atoms with E-state index in [9.17, 15) is 13.2 Å². The molecular weight excluding hydrogens is 296 g/mol. The number of sulfonamides is 1. The number of rotatable bonds is 8. The number of carboxylic acids is 1. The van der Waals surface area contributed by atoms with Gasteiger partial charge < -0.3 is 9.84 Å². The molecule has 0 aromatic carbocycles. The van der Waals surface area contributed by atoms with Gasteiger partial charge in [-0.15, -0.1) is 0 Å². The Kier molecular flexibility index (Phi) is 6.10. The first-order valence-electron chi connectivity index (χ1n) is 6.59. The zero-order valence-corrected chi connectivity index (χ0v) is 13.1. The van der Waals surface area contributed by atoms with Gasteiger partial charge in [0, 0.05) is 6.20 Å². The van der Waals surface area contributed by atoms with E-state index in [-0.39, 0.29) is 23.0 Å². The zero-order valence-electron chi connectivity index (χ0n) is 12.2. The van der Waals surface area contributed by atoms with Crippen molar-refractivity contribution in [2.24, 2.45) is 5.92 Å². The lowest BCUT2D eigenvalue weighted by Gasteiger charge is -2.17. The average Bonchev–Trinajstić information content (AvgIpc) is 2.38. The lowest BCUT2D eigenvalue weighted by molar-refractivity contribution is -0.139. The lowest BCUT2D eigenvalue weighted by atomic mass is 10.1. The third kappa shape index (κ3) is 4.98. The number of hydrogen-bond acceptors (Lipinski definition) is 5. The van der Waals surface area contributed by atoms with Gasteiger partial charge in [-0.2, -0.15) is 4.72 Å². The summed E-state index contributed by atoms with van der Waals surface area (Å²) in [5.41, 5.74) is 0. The van der Waals surface area contributed by atoms with Crippen LogP contribution in [0.15, 0.2) is 23.4 Å². The first-order chi connectivity index (χ1) is 9.77. The molecule has 1 heterocycles. The van der Waals surface area contributed by atoms with Gasteiger partial charge in [-0.25, -0.2) is 8.42 Å². The molecule has 8 heteroatoms. The van der Waals surface area contributed by atoms with Crippen LogP contribution < -0.4 is 9.46 Å². The maximum absolute atomic E-state index is 12.3. The number of hydrogen-bond donors (Lipinski definition) is 2. The second-order valence-corrected chi connectivity index (χ2v) is 6.58. The van der Waals surface area contributed by atoms with E-state index in [0.717, 1.165) is 6.20 Å². The van der Waals surface area contributed by atoms with Crippen LogP contribution in [0.2, 0.25) is 0 Å². The predicted molar refractivity (Wildman–Crippen MR) is 76.6 cm³/mol. The predicted octanol–water partition coefficient (Wildman–Crippen LogP) is 1.26. The fourth-order valence-corrected chi connectivity index (χ4v) is 3.06. The molecule has 0 saturated heterocycles. The molecule has 1 rings (SSSR count). The Morgan fingerprint density at radius 3 is 2.67 bits per heavy atom. The largest absolute Gasteiger partial charge is 0.492 e. The van der Waals surface area contributed by atoms with Crippen LogP contribution in [0.4, 0.5) is 0 Å². The highest BCUT2D eigenvalue weighted by atomic mass is 32.2. The molecule has 7 nitrogen and oxygen atoms in total. The van der Waals surface area contributed by atoms with Crippen LogP contribution >= 0.6 is 0 Å². The number of carboxylic acid groups (broad SMARTS) is 1. The van der Waals surface area contributed by atoms with Crippen molar-refractivity contribution in [1.82, 2.24) is 9.71 Å². The van der Waals surface area contributed by atoms with E-state index in [0.29, 0.717) is 6.61 Å². The summed E-state index contributed by atoms with van der Waals surface area (Å²) in [4.78, 5) is 14.8. The SMILES string of the molecule is CCOc1ccncc1S(=O)(=O)NC(CC(C)C)C(=O)O. The molecule has 0 bridgehead atoms. The number of nitrogens with one attached hydrogen (secondary N) is 1. The molecule has 0 aliphatic heterocycles. The van der Waals surface area contributed by atoms with E-state index in [4.69, 9.17) is 9.84 Å². The van der Waals surface area contributed by atoms with E-state index < -0.39 is 22.0 Å². The van der Waals surface area contributed by atoms with Gasteiger partial charge in [-0.05, 0) is 25.3 Å². The minimum absolute atomic E-state index is 0.0362. The van der Waals surface area contributed by atoms with Crippen LogP contribution in [-0.4, -0.2) is 37.1 Å². The second kappa shape index (κ2) is 7.37. The van der Waals surface area contributed by atoms with E-state index in [1.165, 1.54) is 12.3 Å². The summed E-state index contributed by atoms with van der Waals surface area (Å²) in [6, 6.07) is 0.237. The molecule has 1 unspecified atom stereocenters. The molecule has 1 atom stereocenters. The van der Waals surface area contributed by atoms with Crippen molar-refractivity contribution >= 4 is 16.0 Å². The number of aromatic nitrogens is 1. The summed E-state index contributed by atoms with van der Waals surface area (Å²) >= 11 is 0. The first-order valence-corrected chi connectivity index (χ1v) is 8.08. The maximum Gasteiger partial charge on any atom is 0.321 e. The molecule has 0 aliphatic carbocycles. The number of pyridine rings is 1. The molecule has 0 amide bonds. The standard InChI is InChI=1S/C13H20N2O5S/c1-4-20-11-5-6-14-8-12(11)21(18,19)15-10(13(16)17)7-9(2)3/h5-6,8-10,15H,4,7H2,1-3H3,(H,16,17). The molecular formula is C13H20N2O5S. The van der Waals surface area contributed by atoms with Crippen LogP contribution in [0.1, 0.15) is 27.2 Å². The summed E-state index contributed by atoms with van der Waals surface area (Å²) in [6.45, 7) is 5.66. The fourth-order valence-electron chi connectivity index (χ4n) is 1.77. The van der Waals surface area contributed by atoms with Gasteiger partial charge in [-0.3, -0.25) is 9.78 Å². The molecule has 21 heavy (non-hydrogen) atoms. The lowest BCUT2D eigenvalue weighted by Crippen LogP contribution is -2.41. The normalized spacial score (nSPS) is 13.1. The quantitative estimate of drug-likeness (QED) is 0.748. The summed E-state index contributed by atoms with van der Waals surface area (Å²) in [6.07, 6.45) is 2.74. The molecule has 2 N–H and O–H groups in total. The highest BCUT2D eigenvalue weighted by Gasteiger charge is 2.28. The van der Waals surface area contributed by atoms with E-state index in [1.54, 1.807) is 6.92 Å². The minimum Gasteiger partial charge on any atom is -0.492 e. The summed E-state index contributed by atoms with van der Waals surface area (Å²) in [5, 5.41) is 9.13. The van der Waals surface area contributed by atoms with Gasteiger partial charge >= 0.3 is 5.97 Å². The molecule has 0 fully saturated rings. The van der Waals surface area contributed by atoms with Crippen molar-refractivity contribution in [3.8, 4) is 5.75 Å². The molecule has 0 spiro atoms. The Balaban J connectivity index is 3.07. The summed E-state index contributed by atoms with van der Waals surface area (Å²) < 4.78 is 32.1. The van der Waals surface area contributed by atoms with Gasteiger partial charge in [0.1, 0.15) is 16.7 Å². The Morgan fingerprint density at radius 1 is 1.48 bits per heavy atom. The van der Waals surface area contributed by atoms with Gasteiger partial charge in [0.05, 0.1) is 12.8 Å². The highest BCUT2D eigenvalue weighted by Crippen LogP contribution is 2.22. The molecule has 1 aromatic heterocycles. The molecule has 0 saturated carbocycles. The number of carbonyl (C=O) groups is 1. The van der Waals surface area contributed by atoms with Gasteiger partial charge in [0.15, 0.2) is 0 Å². The average molecular weight is 316 g/mol. The molecule has 0 aliphatic rings. The van der Waals surface area contributed by atoms with Crippen LogP contribution in [-0.2, 0) is 14.8 Å². The van der Waals surface area contributed by atoms with Crippen molar-refractivity contribution in [3.63, 3.8) is 0 Å². The minimum atomic E-state index is -4.02. The van der Waals surface area contributed by atoms with Crippen molar-refractivity contribution < 1.29 is 23.1 Å². The zero-order chi connectivity index (χ0) is 16.0. The van der Waals surface area contributed by atoms with E-state index >= 15 is 0 Å². The summed E-state index contributed by atoms with van der Waals surface area (Å²) in [5.74, 6) is -1.03. The molecule has 118 valence electrons. The van der Waals surface area contributed by atoms with E-state index in [2.05, 4.69) is 9.71 Å². The Bertz CT molecular complexity index is 586. The van der Waals surface area contributed by atoms with Gasteiger partial charge in [0.25, 0.3) is 0 Å². The number of ether oxygens (including phenoxy) is 1. The van der Waals surface area contributed by atoms with Crippen molar-refractivity contribution in [2.75, 3.05) is 6.61 Å². The Morgan fingerprint density at radius 2 is 2.14 bits per heavy atom. The number of nitrogens with zero attached hydrogens (tertiary/aromatic N) is 1. The van der Waals surface area contributed by atoms with Crippen molar-refractivity contribution in [1.29, 1.82) is 0 Å². The van der Waals surface area contributed by atoms with Gasteiger partial charge in [0.2, 0.25) is 10.0 Å². The number of aliphatic carboxylic acids is 1. The van der Waals surface area contributed by atoms with Crippen molar-refractivity contribution in [3.05, 3.63) is 18.5 Å². The van der Waals surface area contributed by atoms with Crippen LogP contribution in [0, 0.1) is 5.92 Å². The fraction of sp³-hybridized carbons (Fsp3) is 0.538. The third-order valence-electron chi connectivity index (χ3n) is 2.64. The van der Waals surface area contributed by atoms with E-state index in [1.807, 2.05) is 13.8 Å². The van der Waals surface area contributed by atoms with Gasteiger partial charge in [-0.1, -0.05) is 13.8 Å². The van der Waals surface area contributed by atoms with Crippen LogP contribution in [0.25, 0.3) is 0 Å². The monoisotopic (exact) mass is 316 g/mol. The summed E-state index contributed by atoms with van der Waals surface area (Å²) in [7, 11) is -4.02. The highest BCUT2D eigenvalue weighted by molar-refractivity contribution is 7.89. The molecule has 1 aromatic rings. The van der Waals surface area contributed by atoms with Crippen LogP contribution in [0.5, 0.6) is 5.75 Å². The second-order valence-electron chi connectivity index (χ2n) is 4.90.